The summed E-state index contributed by atoms with van der Waals surface area (Å²) in [6.07, 6.45) is 4.39. The van der Waals surface area contributed by atoms with E-state index in [9.17, 15) is 16.8 Å². The lowest BCUT2D eigenvalue weighted by Crippen LogP contribution is -2.33. The highest BCUT2D eigenvalue weighted by Crippen LogP contribution is 2.37. The van der Waals surface area contributed by atoms with Gasteiger partial charge in [-0.3, -0.25) is 0 Å². The van der Waals surface area contributed by atoms with Crippen molar-refractivity contribution in [3.8, 4) is 0 Å². The third-order valence-electron chi connectivity index (χ3n) is 5.97. The molecule has 0 aliphatic carbocycles. The van der Waals surface area contributed by atoms with Gasteiger partial charge in [-0.1, -0.05) is 24.3 Å². The number of fused-ring (bicyclic) bond motifs is 2. The van der Waals surface area contributed by atoms with Gasteiger partial charge in [-0.05, 0) is 80.7 Å². The molecule has 2 aliphatic rings. The SMILES string of the molecule is CC1(C)C=C(CS(N)(=O)=O)c2cc(Cc3ccc4c(c3)C(CS(N)(=O)=O)=CC(C)(C)N4)ccc2N1. The van der Waals surface area contributed by atoms with Crippen LogP contribution in [0.5, 0.6) is 0 Å². The molecule has 0 amide bonds. The predicted molar refractivity (Wildman–Crippen MR) is 143 cm³/mol. The predicted octanol–water partition coefficient (Wildman–Crippen LogP) is 3.03. The van der Waals surface area contributed by atoms with E-state index in [2.05, 4.69) is 10.6 Å². The van der Waals surface area contributed by atoms with Crippen LogP contribution in [0.15, 0.2) is 48.6 Å². The van der Waals surface area contributed by atoms with E-state index in [-0.39, 0.29) is 11.5 Å². The zero-order valence-corrected chi connectivity index (χ0v) is 22.0. The van der Waals surface area contributed by atoms with E-state index >= 15 is 0 Å². The fraction of sp³-hybridized carbons (Fsp3) is 0.360. The molecule has 8 nitrogen and oxygen atoms in total. The molecule has 35 heavy (non-hydrogen) atoms. The number of hydrogen-bond acceptors (Lipinski definition) is 6. The number of anilines is 2. The molecule has 0 fully saturated rings. The van der Waals surface area contributed by atoms with Crippen LogP contribution in [-0.4, -0.2) is 39.4 Å². The van der Waals surface area contributed by atoms with E-state index in [0.29, 0.717) is 17.6 Å². The van der Waals surface area contributed by atoms with E-state index in [4.69, 9.17) is 10.3 Å². The van der Waals surface area contributed by atoms with Crippen LogP contribution in [0.2, 0.25) is 0 Å². The highest BCUT2D eigenvalue weighted by atomic mass is 32.2. The minimum absolute atomic E-state index is 0.240. The van der Waals surface area contributed by atoms with Crippen molar-refractivity contribution in [3.63, 3.8) is 0 Å². The van der Waals surface area contributed by atoms with Gasteiger partial charge in [-0.15, -0.1) is 0 Å². The second kappa shape index (κ2) is 8.48. The molecular weight excluding hydrogens is 484 g/mol. The Morgan fingerprint density at radius 3 is 1.40 bits per heavy atom. The summed E-state index contributed by atoms with van der Waals surface area (Å²) >= 11 is 0. The number of benzene rings is 2. The van der Waals surface area contributed by atoms with E-state index in [0.717, 1.165) is 33.6 Å². The van der Waals surface area contributed by atoms with Gasteiger partial charge in [0.1, 0.15) is 0 Å². The normalized spacial score (nSPS) is 18.3. The number of primary sulfonamides is 2. The Labute approximate surface area is 207 Å². The highest BCUT2D eigenvalue weighted by Gasteiger charge is 2.28. The third-order valence-corrected chi connectivity index (χ3v) is 7.39. The lowest BCUT2D eigenvalue weighted by Gasteiger charge is -2.33. The molecular formula is C25H32N4O4S2. The van der Waals surface area contributed by atoms with E-state index < -0.39 is 31.1 Å². The summed E-state index contributed by atoms with van der Waals surface area (Å²) in [7, 11) is -7.40. The minimum atomic E-state index is -3.70. The lowest BCUT2D eigenvalue weighted by atomic mass is 9.88. The molecule has 6 N–H and O–H groups in total. The van der Waals surface area contributed by atoms with Gasteiger partial charge in [0.2, 0.25) is 20.0 Å². The number of sulfonamides is 2. The summed E-state index contributed by atoms with van der Waals surface area (Å²) in [5.41, 5.74) is 5.86. The molecule has 2 aliphatic heterocycles. The first-order chi connectivity index (χ1) is 16.0. The third kappa shape index (κ3) is 6.32. The fourth-order valence-corrected chi connectivity index (χ4v) is 6.20. The molecule has 4 rings (SSSR count). The van der Waals surface area contributed by atoms with Gasteiger partial charge in [0.15, 0.2) is 0 Å². The van der Waals surface area contributed by atoms with Gasteiger partial charge >= 0.3 is 0 Å². The first-order valence-corrected chi connectivity index (χ1v) is 14.7. The molecule has 188 valence electrons. The fourth-order valence-electron chi connectivity index (χ4n) is 4.85. The molecule has 0 bridgehead atoms. The Balaban J connectivity index is 1.69. The number of nitrogens with two attached hydrogens (primary N) is 2. The molecule has 0 radical (unpaired) electrons. The average molecular weight is 517 g/mol. The van der Waals surface area contributed by atoms with Gasteiger partial charge in [-0.2, -0.15) is 0 Å². The second-order valence-electron chi connectivity index (χ2n) is 10.6. The molecule has 2 aromatic rings. The summed E-state index contributed by atoms with van der Waals surface area (Å²) in [6.45, 7) is 7.90. The number of rotatable bonds is 6. The smallest absolute Gasteiger partial charge is 0.213 e. The van der Waals surface area contributed by atoms with Crippen molar-refractivity contribution in [2.45, 2.75) is 45.2 Å². The Morgan fingerprint density at radius 2 is 1.06 bits per heavy atom. The van der Waals surface area contributed by atoms with Crippen LogP contribution in [0.3, 0.4) is 0 Å². The van der Waals surface area contributed by atoms with Crippen LogP contribution < -0.4 is 20.9 Å². The minimum Gasteiger partial charge on any atom is -0.376 e. The lowest BCUT2D eigenvalue weighted by molar-refractivity contribution is 0.599. The summed E-state index contributed by atoms with van der Waals surface area (Å²) in [4.78, 5) is 0. The average Bonchev–Trinajstić information content (AvgIpc) is 2.65. The van der Waals surface area contributed by atoms with E-state index in [1.54, 1.807) is 0 Å². The molecule has 2 heterocycles. The quantitative estimate of drug-likeness (QED) is 0.464. The largest absolute Gasteiger partial charge is 0.376 e. The number of hydrogen-bond donors (Lipinski definition) is 4. The summed E-state index contributed by atoms with van der Waals surface area (Å²) in [5, 5.41) is 17.6. The van der Waals surface area contributed by atoms with Gasteiger partial charge in [0.25, 0.3) is 0 Å². The molecule has 10 heteroatoms. The molecule has 0 saturated heterocycles. The van der Waals surface area contributed by atoms with Crippen LogP contribution in [0.4, 0.5) is 11.4 Å². The van der Waals surface area contributed by atoms with Gasteiger partial charge in [-0.25, -0.2) is 27.1 Å². The standard InChI is InChI=1S/C25H32N4O4S2/c1-24(2)12-18(14-34(26,30)31)20-10-16(5-7-22(20)28-24)9-17-6-8-23-21(11-17)19(15-35(27,32)33)13-25(3,4)29-23/h5-8,10-13,28-29H,9,14-15H2,1-4H3,(H2,26,30,31)(H2,27,32,33). The topological polar surface area (TPSA) is 144 Å². The zero-order chi connectivity index (χ0) is 25.8. The van der Waals surface area contributed by atoms with Gasteiger partial charge in [0, 0.05) is 22.5 Å². The maximum atomic E-state index is 11.9. The van der Waals surface area contributed by atoms with Crippen molar-refractivity contribution < 1.29 is 16.8 Å². The van der Waals surface area contributed by atoms with E-state index in [1.165, 1.54) is 0 Å². The molecule has 0 aromatic heterocycles. The first-order valence-electron chi connectivity index (χ1n) is 11.3. The van der Waals surface area contributed by atoms with Crippen LogP contribution in [0, 0.1) is 0 Å². The maximum absolute atomic E-state index is 11.9. The van der Waals surface area contributed by atoms with Gasteiger partial charge in [0.05, 0.1) is 22.6 Å². The van der Waals surface area contributed by atoms with Gasteiger partial charge < -0.3 is 10.6 Å². The summed E-state index contributed by atoms with van der Waals surface area (Å²) < 4.78 is 47.4. The second-order valence-corrected chi connectivity index (χ2v) is 13.8. The molecule has 0 unspecified atom stereocenters. The first kappa shape index (κ1) is 25.4. The molecule has 0 saturated carbocycles. The van der Waals surface area contributed by atoms with Crippen molar-refractivity contribution >= 4 is 42.6 Å². The van der Waals surface area contributed by atoms with Crippen molar-refractivity contribution in [3.05, 3.63) is 70.8 Å². The molecule has 2 aromatic carbocycles. The number of nitrogens with one attached hydrogen (secondary N) is 2. The molecule has 0 spiro atoms. The van der Waals surface area contributed by atoms with Crippen molar-refractivity contribution in [1.29, 1.82) is 0 Å². The van der Waals surface area contributed by atoms with Crippen LogP contribution in [-0.2, 0) is 26.5 Å². The Hall–Kier alpha value is -2.66. The van der Waals surface area contributed by atoms with Crippen molar-refractivity contribution in [2.24, 2.45) is 10.3 Å². The van der Waals surface area contributed by atoms with Crippen molar-refractivity contribution in [1.82, 2.24) is 0 Å². The Morgan fingerprint density at radius 1 is 0.686 bits per heavy atom. The summed E-state index contributed by atoms with van der Waals surface area (Å²) in [5.74, 6) is -0.479. The van der Waals surface area contributed by atoms with Crippen LogP contribution in [0.25, 0.3) is 11.1 Å². The monoisotopic (exact) mass is 516 g/mol. The molecule has 0 atom stereocenters. The van der Waals surface area contributed by atoms with E-state index in [1.807, 2.05) is 76.2 Å². The maximum Gasteiger partial charge on any atom is 0.213 e. The summed E-state index contributed by atoms with van der Waals surface area (Å²) in [6, 6.07) is 11.9. The Bertz CT molecular complexity index is 1360. The highest BCUT2D eigenvalue weighted by molar-refractivity contribution is 7.89. The Kier molecular flexibility index (Phi) is 6.16. The van der Waals surface area contributed by atoms with Crippen molar-refractivity contribution in [2.75, 3.05) is 22.1 Å². The van der Waals surface area contributed by atoms with Crippen LogP contribution >= 0.6 is 0 Å². The zero-order valence-electron chi connectivity index (χ0n) is 20.3. The van der Waals surface area contributed by atoms with Crippen LogP contribution in [0.1, 0.15) is 49.9 Å².